The second-order valence-corrected chi connectivity index (χ2v) is 14.4. The molecule has 0 N–H and O–H groups in total. The number of hydrogen-bond donors (Lipinski definition) is 0. The lowest BCUT2D eigenvalue weighted by atomic mass is 9.82. The zero-order valence-corrected chi connectivity index (χ0v) is 29.2. The van der Waals surface area contributed by atoms with Crippen molar-refractivity contribution in [2.45, 2.75) is 19.3 Å². The number of aromatic nitrogens is 4. The van der Waals surface area contributed by atoms with Crippen LogP contribution in [0.2, 0.25) is 0 Å². The van der Waals surface area contributed by atoms with E-state index in [2.05, 4.69) is 103 Å². The van der Waals surface area contributed by atoms with Gasteiger partial charge in [-0.1, -0.05) is 147 Å². The number of furan rings is 1. The topological polar surface area (TPSA) is 56.7 Å². The molecule has 7 aromatic carbocycles. The molecule has 0 radical (unpaired) electrons. The molecule has 3 heterocycles. The molecule has 0 atom stereocenters. The fourth-order valence-electron chi connectivity index (χ4n) is 8.64. The third-order valence-corrected chi connectivity index (χ3v) is 11.1. The van der Waals surface area contributed by atoms with Crippen molar-refractivity contribution in [2.75, 3.05) is 0 Å². The minimum absolute atomic E-state index is 0.0890. The largest absolute Gasteiger partial charge is 0.454 e. The molecule has 53 heavy (non-hydrogen) atoms. The Bertz CT molecular complexity index is 3020. The van der Waals surface area contributed by atoms with Crippen molar-refractivity contribution in [2.24, 2.45) is 0 Å². The Hall–Kier alpha value is -6.85. The quantitative estimate of drug-likeness (QED) is 0.186. The predicted molar refractivity (Wildman–Crippen MR) is 215 cm³/mol. The van der Waals surface area contributed by atoms with E-state index in [-0.39, 0.29) is 5.41 Å². The first-order chi connectivity index (χ1) is 26.1. The number of hydrogen-bond acceptors (Lipinski definition) is 4. The Kier molecular flexibility index (Phi) is 6.23. The second-order valence-electron chi connectivity index (χ2n) is 14.4. The summed E-state index contributed by atoms with van der Waals surface area (Å²) < 4.78 is 9.27. The molecule has 1 aliphatic carbocycles. The fourth-order valence-corrected chi connectivity index (χ4v) is 8.64. The maximum Gasteiger partial charge on any atom is 0.164 e. The number of nitrogens with zero attached hydrogens (tertiary/aromatic N) is 4. The van der Waals surface area contributed by atoms with Crippen molar-refractivity contribution in [1.29, 1.82) is 0 Å². The van der Waals surface area contributed by atoms with Crippen LogP contribution < -0.4 is 0 Å². The first kappa shape index (κ1) is 29.8. The molecular formula is C48H32N4O. The fraction of sp³-hybridized carbons (Fsp3) is 0.0625. The molecule has 0 saturated heterocycles. The van der Waals surface area contributed by atoms with Crippen molar-refractivity contribution in [3.63, 3.8) is 0 Å². The molecule has 250 valence electrons. The molecule has 0 bridgehead atoms. The van der Waals surface area contributed by atoms with Crippen molar-refractivity contribution in [1.82, 2.24) is 19.5 Å². The third kappa shape index (κ3) is 4.28. The van der Waals surface area contributed by atoms with Gasteiger partial charge in [0.2, 0.25) is 0 Å². The van der Waals surface area contributed by atoms with Gasteiger partial charge in [0.05, 0.1) is 16.7 Å². The van der Waals surface area contributed by atoms with Crippen LogP contribution in [0, 0.1) is 0 Å². The Morgan fingerprint density at radius 3 is 1.87 bits per heavy atom. The van der Waals surface area contributed by atoms with E-state index in [9.17, 15) is 0 Å². The molecule has 5 heteroatoms. The van der Waals surface area contributed by atoms with Gasteiger partial charge in [-0.3, -0.25) is 0 Å². The van der Waals surface area contributed by atoms with Crippen LogP contribution in [0.25, 0.3) is 94.7 Å². The molecule has 5 nitrogen and oxygen atoms in total. The summed E-state index contributed by atoms with van der Waals surface area (Å²) in [7, 11) is 0. The highest BCUT2D eigenvalue weighted by atomic mass is 16.3. The molecule has 11 rings (SSSR count). The van der Waals surface area contributed by atoms with Crippen LogP contribution in [0.4, 0.5) is 0 Å². The van der Waals surface area contributed by atoms with E-state index < -0.39 is 0 Å². The van der Waals surface area contributed by atoms with E-state index in [4.69, 9.17) is 19.4 Å². The number of para-hydroxylation sites is 2. The maximum absolute atomic E-state index is 6.89. The first-order valence-corrected chi connectivity index (χ1v) is 18.0. The molecule has 0 fully saturated rings. The van der Waals surface area contributed by atoms with Gasteiger partial charge in [-0.05, 0) is 46.5 Å². The van der Waals surface area contributed by atoms with E-state index in [1.807, 2.05) is 72.8 Å². The SMILES string of the molecule is CC1(C)c2ccccc2-c2c1ccc1c2c2ccccc2n1-c1cccc2c1oc1cccc(-c3nc(-c4ccccc4)nc(-c4ccccc4)n3)c12. The van der Waals surface area contributed by atoms with Gasteiger partial charge in [-0.15, -0.1) is 0 Å². The van der Waals surface area contributed by atoms with E-state index >= 15 is 0 Å². The highest BCUT2D eigenvalue weighted by molar-refractivity contribution is 6.19. The molecular weight excluding hydrogens is 649 g/mol. The Labute approximate surface area is 305 Å². The standard InChI is InChI=1S/C48H32N4O/c1-48(2)35-23-11-9-19-31(35)42-36(48)27-28-38-43(42)32-20-10-12-24-37(32)52(38)39-25-13-21-33-41-34(22-14-26-40(41)53-44(33)39)47-50-45(29-15-5-3-6-16-29)49-46(51-47)30-17-7-4-8-18-30/h3-28H,1-2H3. The van der Waals surface area contributed by atoms with Gasteiger partial charge in [-0.2, -0.15) is 0 Å². The third-order valence-electron chi connectivity index (χ3n) is 11.1. The number of fused-ring (bicyclic) bond motifs is 10. The second kappa shape index (κ2) is 11.1. The zero-order valence-electron chi connectivity index (χ0n) is 29.2. The summed E-state index contributed by atoms with van der Waals surface area (Å²) in [5.74, 6) is 1.86. The van der Waals surface area contributed by atoms with Crippen molar-refractivity contribution >= 4 is 43.7 Å². The van der Waals surface area contributed by atoms with Gasteiger partial charge in [0, 0.05) is 43.7 Å². The molecule has 0 aliphatic heterocycles. The molecule has 10 aromatic rings. The zero-order chi connectivity index (χ0) is 35.3. The van der Waals surface area contributed by atoms with Crippen LogP contribution >= 0.6 is 0 Å². The summed E-state index contributed by atoms with van der Waals surface area (Å²) in [5, 5.41) is 4.49. The average molecular weight is 681 g/mol. The summed E-state index contributed by atoms with van der Waals surface area (Å²) in [4.78, 5) is 15.1. The lowest BCUT2D eigenvalue weighted by Gasteiger charge is -2.21. The van der Waals surface area contributed by atoms with Gasteiger partial charge in [0.1, 0.15) is 5.58 Å². The molecule has 1 aliphatic rings. The van der Waals surface area contributed by atoms with Gasteiger partial charge in [-0.25, -0.2) is 15.0 Å². The lowest BCUT2D eigenvalue weighted by Crippen LogP contribution is -2.14. The van der Waals surface area contributed by atoms with E-state index in [0.29, 0.717) is 17.5 Å². The molecule has 0 spiro atoms. The summed E-state index contributed by atoms with van der Waals surface area (Å²) in [5.41, 5.74) is 12.9. The summed E-state index contributed by atoms with van der Waals surface area (Å²) >= 11 is 0. The van der Waals surface area contributed by atoms with Crippen molar-refractivity contribution in [3.8, 4) is 51.0 Å². The maximum atomic E-state index is 6.89. The predicted octanol–water partition coefficient (Wildman–Crippen LogP) is 12.2. The summed E-state index contributed by atoms with van der Waals surface area (Å²) in [6.45, 7) is 4.68. The Morgan fingerprint density at radius 2 is 1.09 bits per heavy atom. The van der Waals surface area contributed by atoms with Crippen LogP contribution in [0.5, 0.6) is 0 Å². The first-order valence-electron chi connectivity index (χ1n) is 18.0. The average Bonchev–Trinajstić information content (AvgIpc) is 3.84. The lowest BCUT2D eigenvalue weighted by molar-refractivity contribution is 0.660. The van der Waals surface area contributed by atoms with Crippen molar-refractivity contribution < 1.29 is 4.42 Å². The van der Waals surface area contributed by atoms with Gasteiger partial charge < -0.3 is 8.98 Å². The smallest absolute Gasteiger partial charge is 0.164 e. The van der Waals surface area contributed by atoms with Gasteiger partial charge in [0.15, 0.2) is 23.1 Å². The minimum Gasteiger partial charge on any atom is -0.454 e. The Morgan fingerprint density at radius 1 is 0.472 bits per heavy atom. The van der Waals surface area contributed by atoms with E-state index in [0.717, 1.165) is 55.3 Å². The molecule has 0 amide bonds. The van der Waals surface area contributed by atoms with Crippen LogP contribution in [-0.4, -0.2) is 19.5 Å². The number of benzene rings is 7. The molecule has 3 aromatic heterocycles. The van der Waals surface area contributed by atoms with Crippen molar-refractivity contribution in [3.05, 3.63) is 169 Å². The Balaban J connectivity index is 1.18. The number of rotatable bonds is 4. The highest BCUT2D eigenvalue weighted by Gasteiger charge is 2.37. The van der Waals surface area contributed by atoms with E-state index in [1.54, 1.807) is 0 Å². The van der Waals surface area contributed by atoms with Crippen LogP contribution in [-0.2, 0) is 5.41 Å². The van der Waals surface area contributed by atoms with E-state index in [1.165, 1.54) is 33.0 Å². The van der Waals surface area contributed by atoms with Crippen LogP contribution in [0.1, 0.15) is 25.0 Å². The van der Waals surface area contributed by atoms with Gasteiger partial charge in [0.25, 0.3) is 0 Å². The van der Waals surface area contributed by atoms with Gasteiger partial charge >= 0.3 is 0 Å². The highest BCUT2D eigenvalue weighted by Crippen LogP contribution is 2.53. The molecule has 0 saturated carbocycles. The van der Waals surface area contributed by atoms with Crippen LogP contribution in [0.15, 0.2) is 162 Å². The minimum atomic E-state index is -0.0890. The summed E-state index contributed by atoms with van der Waals surface area (Å²) in [6, 6.07) is 55.1. The normalized spacial score (nSPS) is 13.2. The molecule has 0 unspecified atom stereocenters. The summed E-state index contributed by atoms with van der Waals surface area (Å²) in [6.07, 6.45) is 0. The van der Waals surface area contributed by atoms with Crippen LogP contribution in [0.3, 0.4) is 0 Å². The monoisotopic (exact) mass is 680 g/mol.